The predicted octanol–water partition coefficient (Wildman–Crippen LogP) is 3.12. The van der Waals surface area contributed by atoms with Gasteiger partial charge in [0.15, 0.2) is 0 Å². The highest BCUT2D eigenvalue weighted by atomic mass is 16.6. The fourth-order valence-corrected chi connectivity index (χ4v) is 2.57. The number of nitrogen functional groups attached to an aromatic ring is 1. The van der Waals surface area contributed by atoms with Crippen molar-refractivity contribution < 1.29 is 9.66 Å². The van der Waals surface area contributed by atoms with Crippen LogP contribution in [-0.4, -0.2) is 11.0 Å². The van der Waals surface area contributed by atoms with Gasteiger partial charge in [0, 0.05) is 17.7 Å². The van der Waals surface area contributed by atoms with Gasteiger partial charge in [-0.15, -0.1) is 0 Å². The Hall–Kier alpha value is -1.66. The van der Waals surface area contributed by atoms with Gasteiger partial charge < -0.3 is 10.2 Å². The Kier molecular flexibility index (Phi) is 5.31. The van der Waals surface area contributed by atoms with Crippen LogP contribution in [0.1, 0.15) is 44.1 Å². The molecule has 0 aromatic heterocycles. The molecule has 1 fully saturated rings. The molecule has 0 atom stereocenters. The van der Waals surface area contributed by atoms with Crippen LogP contribution in [0.25, 0.3) is 0 Å². The van der Waals surface area contributed by atoms with E-state index < -0.39 is 4.92 Å². The molecule has 0 heterocycles. The maximum atomic E-state index is 10.8. The van der Waals surface area contributed by atoms with Crippen LogP contribution in [0.2, 0.25) is 0 Å². The quantitative estimate of drug-likeness (QED) is 0.374. The Bertz CT molecular complexity index is 457. The molecule has 1 aliphatic rings. The molecule has 3 N–H and O–H groups in total. The third-order valence-electron chi connectivity index (χ3n) is 3.73. The number of hydrogen-bond acceptors (Lipinski definition) is 5. The number of nitrogens with zero attached hydrogens (tertiary/aromatic N) is 1. The zero-order valence-corrected chi connectivity index (χ0v) is 11.5. The van der Waals surface area contributed by atoms with Gasteiger partial charge in [-0.3, -0.25) is 16.0 Å². The van der Waals surface area contributed by atoms with E-state index in [-0.39, 0.29) is 11.8 Å². The zero-order chi connectivity index (χ0) is 14.4. The normalized spacial score (nSPS) is 16.6. The van der Waals surface area contributed by atoms with E-state index in [9.17, 15) is 10.1 Å². The van der Waals surface area contributed by atoms with Crippen LogP contribution < -0.4 is 11.3 Å². The lowest BCUT2D eigenvalue weighted by Crippen LogP contribution is -2.14. The van der Waals surface area contributed by atoms with Crippen LogP contribution >= 0.6 is 0 Å². The summed E-state index contributed by atoms with van der Waals surface area (Å²) in [7, 11) is 0. The highest BCUT2D eigenvalue weighted by Crippen LogP contribution is 2.25. The van der Waals surface area contributed by atoms with Gasteiger partial charge in [0.2, 0.25) is 0 Å². The van der Waals surface area contributed by atoms with Gasteiger partial charge in [-0.25, -0.2) is 0 Å². The van der Waals surface area contributed by atoms with Gasteiger partial charge in [0.25, 0.3) is 5.69 Å². The van der Waals surface area contributed by atoms with E-state index in [1.807, 2.05) is 0 Å². The van der Waals surface area contributed by atoms with E-state index in [0.29, 0.717) is 12.3 Å². The van der Waals surface area contributed by atoms with Crippen LogP contribution in [0.5, 0.6) is 0 Å². The first-order valence-electron chi connectivity index (χ1n) is 7.06. The minimum absolute atomic E-state index is 0.0588. The first kappa shape index (κ1) is 14.7. The van der Waals surface area contributed by atoms with E-state index in [1.54, 1.807) is 6.07 Å². The molecule has 0 radical (unpaired) electrons. The molecule has 0 saturated heterocycles. The monoisotopic (exact) mass is 279 g/mol. The van der Waals surface area contributed by atoms with Crippen molar-refractivity contribution in [2.75, 3.05) is 5.43 Å². The Balaban J connectivity index is 2.02. The van der Waals surface area contributed by atoms with Crippen molar-refractivity contribution in [3.63, 3.8) is 0 Å². The van der Waals surface area contributed by atoms with Crippen molar-refractivity contribution in [2.45, 2.75) is 51.2 Å². The topological polar surface area (TPSA) is 90.4 Å². The number of nitro groups is 1. The molecular formula is C14H21N3O3. The van der Waals surface area contributed by atoms with Crippen molar-refractivity contribution in [3.05, 3.63) is 33.9 Å². The Morgan fingerprint density at radius 3 is 2.60 bits per heavy atom. The molecule has 20 heavy (non-hydrogen) atoms. The predicted molar refractivity (Wildman–Crippen MR) is 77.2 cm³/mol. The average molecular weight is 279 g/mol. The lowest BCUT2D eigenvalue weighted by molar-refractivity contribution is -0.384. The number of benzene rings is 1. The van der Waals surface area contributed by atoms with Crippen molar-refractivity contribution in [1.82, 2.24) is 0 Å². The fraction of sp³-hybridized carbons (Fsp3) is 0.571. The number of ether oxygens (including phenoxy) is 1. The molecular weight excluding hydrogens is 258 g/mol. The first-order valence-corrected chi connectivity index (χ1v) is 7.06. The van der Waals surface area contributed by atoms with E-state index in [2.05, 4.69) is 5.43 Å². The molecule has 1 aliphatic carbocycles. The third kappa shape index (κ3) is 3.91. The summed E-state index contributed by atoms with van der Waals surface area (Å²) >= 11 is 0. The summed E-state index contributed by atoms with van der Waals surface area (Å²) in [6.45, 7) is 0.353. The lowest BCUT2D eigenvalue weighted by atomic mass is 10.1. The van der Waals surface area contributed by atoms with Crippen molar-refractivity contribution in [3.8, 4) is 0 Å². The first-order chi connectivity index (χ1) is 9.70. The SMILES string of the molecule is NNc1ccc([N+](=O)[O-])cc1COC1CCCCCC1. The smallest absolute Gasteiger partial charge is 0.269 e. The van der Waals surface area contributed by atoms with Gasteiger partial charge in [-0.2, -0.15) is 0 Å². The maximum Gasteiger partial charge on any atom is 0.269 e. The second-order valence-electron chi connectivity index (χ2n) is 5.17. The summed E-state index contributed by atoms with van der Waals surface area (Å²) < 4.78 is 5.91. The van der Waals surface area contributed by atoms with Gasteiger partial charge >= 0.3 is 0 Å². The molecule has 1 aromatic rings. The molecule has 6 nitrogen and oxygen atoms in total. The number of nitrogens with one attached hydrogen (secondary N) is 1. The molecule has 0 unspecified atom stereocenters. The van der Waals surface area contributed by atoms with Crippen LogP contribution in [0, 0.1) is 10.1 Å². The Labute approximate surface area is 118 Å². The number of nitrogens with two attached hydrogens (primary N) is 1. The van der Waals surface area contributed by atoms with Crippen LogP contribution in [0.4, 0.5) is 11.4 Å². The molecule has 1 aromatic carbocycles. The Morgan fingerprint density at radius 2 is 2.00 bits per heavy atom. The van der Waals surface area contributed by atoms with Crippen LogP contribution in [-0.2, 0) is 11.3 Å². The highest BCUT2D eigenvalue weighted by molar-refractivity contribution is 5.55. The zero-order valence-electron chi connectivity index (χ0n) is 11.5. The second-order valence-corrected chi connectivity index (χ2v) is 5.17. The van der Waals surface area contributed by atoms with Crippen molar-refractivity contribution in [1.29, 1.82) is 0 Å². The second kappa shape index (κ2) is 7.21. The van der Waals surface area contributed by atoms with Gasteiger partial charge in [0.05, 0.1) is 23.3 Å². The van der Waals surface area contributed by atoms with Gasteiger partial charge in [-0.1, -0.05) is 25.7 Å². The lowest BCUT2D eigenvalue weighted by Gasteiger charge is -2.16. The molecule has 0 amide bonds. The number of rotatable bonds is 5. The van der Waals surface area contributed by atoms with Crippen LogP contribution in [0.3, 0.4) is 0 Å². The molecule has 0 spiro atoms. The third-order valence-corrected chi connectivity index (χ3v) is 3.73. The highest BCUT2D eigenvalue weighted by Gasteiger charge is 2.15. The molecule has 2 rings (SSSR count). The van der Waals surface area contributed by atoms with E-state index in [1.165, 1.54) is 37.8 Å². The van der Waals surface area contributed by atoms with Crippen molar-refractivity contribution in [2.24, 2.45) is 5.84 Å². The minimum atomic E-state index is -0.407. The van der Waals surface area contributed by atoms with Gasteiger partial charge in [-0.05, 0) is 18.9 Å². The molecule has 110 valence electrons. The summed E-state index contributed by atoms with van der Waals surface area (Å²) in [4.78, 5) is 10.4. The fourth-order valence-electron chi connectivity index (χ4n) is 2.57. The molecule has 6 heteroatoms. The number of non-ortho nitro benzene ring substituents is 1. The summed E-state index contributed by atoms with van der Waals surface area (Å²) in [6.07, 6.45) is 7.32. The Morgan fingerprint density at radius 1 is 1.30 bits per heavy atom. The standard InChI is InChI=1S/C14H21N3O3/c15-16-14-8-7-12(17(18)19)9-11(14)10-20-13-5-3-1-2-4-6-13/h7-9,13,16H,1-6,10,15H2. The molecule has 0 aliphatic heterocycles. The van der Waals surface area contributed by atoms with Crippen LogP contribution in [0.15, 0.2) is 18.2 Å². The number of nitro benzene ring substituents is 1. The number of anilines is 1. The van der Waals surface area contributed by atoms with E-state index >= 15 is 0 Å². The summed E-state index contributed by atoms with van der Waals surface area (Å²) in [5.74, 6) is 5.44. The summed E-state index contributed by atoms with van der Waals surface area (Å²) in [5, 5.41) is 10.8. The molecule has 0 bridgehead atoms. The van der Waals surface area contributed by atoms with Crippen molar-refractivity contribution >= 4 is 11.4 Å². The average Bonchev–Trinajstić information content (AvgIpc) is 2.73. The molecule has 1 saturated carbocycles. The van der Waals surface area contributed by atoms with E-state index in [4.69, 9.17) is 10.6 Å². The van der Waals surface area contributed by atoms with E-state index in [0.717, 1.165) is 18.4 Å². The largest absolute Gasteiger partial charge is 0.373 e. The minimum Gasteiger partial charge on any atom is -0.373 e. The summed E-state index contributed by atoms with van der Waals surface area (Å²) in [5.41, 5.74) is 4.02. The maximum absolute atomic E-state index is 10.8. The number of hydrogen-bond donors (Lipinski definition) is 2. The number of hydrazine groups is 1. The van der Waals surface area contributed by atoms with Gasteiger partial charge in [0.1, 0.15) is 0 Å². The summed E-state index contributed by atoms with van der Waals surface area (Å²) in [6, 6.07) is 4.57.